The van der Waals surface area contributed by atoms with E-state index < -0.39 is 0 Å². The van der Waals surface area contributed by atoms with Gasteiger partial charge in [-0.2, -0.15) is 0 Å². The molecule has 3 heterocycles. The highest BCUT2D eigenvalue weighted by molar-refractivity contribution is 5.78. The zero-order valence-corrected chi connectivity index (χ0v) is 15.9. The number of likely N-dealkylation sites (tertiary alicyclic amines) is 2. The minimum Gasteiger partial charge on any atom is -0.341 e. The number of aryl methyl sites for hydroxylation is 1. The van der Waals surface area contributed by atoms with Crippen LogP contribution in [0.5, 0.6) is 0 Å². The molecule has 5 rings (SSSR count). The molecule has 2 aliphatic heterocycles. The normalized spacial score (nSPS) is 24.3. The maximum absolute atomic E-state index is 12.5. The van der Waals surface area contributed by atoms with Crippen LogP contribution in [0.4, 0.5) is 0 Å². The van der Waals surface area contributed by atoms with Crippen molar-refractivity contribution in [1.29, 1.82) is 0 Å². The number of carbonyl (C=O) groups is 1. The molecule has 0 radical (unpaired) electrons. The highest BCUT2D eigenvalue weighted by Crippen LogP contribution is 2.49. The zero-order valence-electron chi connectivity index (χ0n) is 15.9. The Morgan fingerprint density at radius 1 is 1.19 bits per heavy atom. The highest BCUT2D eigenvalue weighted by atomic mass is 16.2. The molecule has 1 unspecified atom stereocenters. The largest absolute Gasteiger partial charge is 0.341 e. The monoisotopic (exact) mass is 365 g/mol. The number of amides is 1. The van der Waals surface area contributed by atoms with Crippen LogP contribution < -0.4 is 0 Å². The van der Waals surface area contributed by atoms with Gasteiger partial charge in [-0.25, -0.2) is 0 Å². The first kappa shape index (κ1) is 16.9. The van der Waals surface area contributed by atoms with Crippen LogP contribution in [0.25, 0.3) is 0 Å². The van der Waals surface area contributed by atoms with Gasteiger partial charge < -0.3 is 9.47 Å². The van der Waals surface area contributed by atoms with Crippen molar-refractivity contribution >= 4 is 5.91 Å². The summed E-state index contributed by atoms with van der Waals surface area (Å²) in [6.45, 7) is 4.68. The van der Waals surface area contributed by atoms with Crippen molar-refractivity contribution in [1.82, 2.24) is 24.6 Å². The first-order chi connectivity index (χ1) is 13.1. The van der Waals surface area contributed by atoms with Gasteiger partial charge >= 0.3 is 0 Å². The van der Waals surface area contributed by atoms with Crippen molar-refractivity contribution in [2.75, 3.05) is 26.2 Å². The van der Waals surface area contributed by atoms with Crippen LogP contribution in [-0.4, -0.2) is 56.7 Å². The van der Waals surface area contributed by atoms with E-state index in [0.29, 0.717) is 17.7 Å². The molecule has 1 aliphatic carbocycles. The lowest BCUT2D eigenvalue weighted by molar-refractivity contribution is -0.144. The molecule has 3 fully saturated rings. The third-order valence-corrected chi connectivity index (χ3v) is 6.55. The van der Waals surface area contributed by atoms with Gasteiger partial charge in [-0.05, 0) is 24.3 Å². The summed E-state index contributed by atoms with van der Waals surface area (Å²) < 4.78 is 2.05. The molecule has 6 heteroatoms. The Bertz CT molecular complexity index is 822. The molecule has 2 aromatic rings. The van der Waals surface area contributed by atoms with Crippen LogP contribution >= 0.6 is 0 Å². The molecular formula is C21H27N5O. The minimum absolute atomic E-state index is 0.120. The van der Waals surface area contributed by atoms with Gasteiger partial charge in [0.05, 0.1) is 0 Å². The van der Waals surface area contributed by atoms with E-state index in [4.69, 9.17) is 0 Å². The summed E-state index contributed by atoms with van der Waals surface area (Å²) >= 11 is 0. The lowest BCUT2D eigenvalue weighted by Gasteiger charge is -2.51. The molecule has 1 saturated carbocycles. The summed E-state index contributed by atoms with van der Waals surface area (Å²) in [5, 5.41) is 8.54. The van der Waals surface area contributed by atoms with Gasteiger partial charge in [0.15, 0.2) is 0 Å². The summed E-state index contributed by atoms with van der Waals surface area (Å²) in [4.78, 5) is 17.1. The van der Waals surface area contributed by atoms with Crippen molar-refractivity contribution < 1.29 is 4.79 Å². The van der Waals surface area contributed by atoms with Crippen LogP contribution in [0.2, 0.25) is 0 Å². The number of hydrogen-bond donors (Lipinski definition) is 0. The van der Waals surface area contributed by atoms with Crippen LogP contribution in [0.1, 0.15) is 36.6 Å². The molecule has 1 spiro atoms. The molecule has 0 N–H and O–H groups in total. The van der Waals surface area contributed by atoms with E-state index in [1.54, 1.807) is 6.33 Å². The maximum atomic E-state index is 12.5. The van der Waals surface area contributed by atoms with Crippen molar-refractivity contribution in [2.24, 2.45) is 18.4 Å². The van der Waals surface area contributed by atoms with Crippen LogP contribution in [-0.2, 0) is 18.4 Å². The van der Waals surface area contributed by atoms with Gasteiger partial charge in [-0.3, -0.25) is 9.69 Å². The SMILES string of the molecule is Cn1cnnc1C1CN(Cc2ccccc2)CC12CN(C(=O)CC1CC1)C2. The summed E-state index contributed by atoms with van der Waals surface area (Å²) in [7, 11) is 2.03. The Morgan fingerprint density at radius 3 is 2.63 bits per heavy atom. The number of aromatic nitrogens is 3. The van der Waals surface area contributed by atoms with Gasteiger partial charge in [0.25, 0.3) is 0 Å². The molecule has 142 valence electrons. The van der Waals surface area contributed by atoms with E-state index in [1.165, 1.54) is 18.4 Å². The van der Waals surface area contributed by atoms with Crippen molar-refractivity contribution in [3.05, 3.63) is 48.0 Å². The lowest BCUT2D eigenvalue weighted by atomic mass is 9.71. The smallest absolute Gasteiger partial charge is 0.222 e. The van der Waals surface area contributed by atoms with E-state index in [0.717, 1.165) is 45.0 Å². The predicted octanol–water partition coefficient (Wildman–Crippen LogP) is 2.04. The predicted molar refractivity (Wildman–Crippen MR) is 102 cm³/mol. The van der Waals surface area contributed by atoms with Crippen molar-refractivity contribution in [3.63, 3.8) is 0 Å². The molecule has 3 aliphatic rings. The fraction of sp³-hybridized carbons (Fsp3) is 0.571. The second kappa shape index (κ2) is 6.44. The lowest BCUT2D eigenvalue weighted by Crippen LogP contribution is -2.61. The molecule has 1 amide bonds. The summed E-state index contributed by atoms with van der Waals surface area (Å²) in [5.74, 6) is 2.39. The first-order valence-corrected chi connectivity index (χ1v) is 10.0. The minimum atomic E-state index is 0.120. The van der Waals surface area contributed by atoms with Crippen LogP contribution in [0, 0.1) is 11.3 Å². The van der Waals surface area contributed by atoms with E-state index in [1.807, 2.05) is 11.6 Å². The van der Waals surface area contributed by atoms with E-state index >= 15 is 0 Å². The Balaban J connectivity index is 1.33. The van der Waals surface area contributed by atoms with E-state index in [2.05, 4.69) is 50.3 Å². The number of carbonyl (C=O) groups excluding carboxylic acids is 1. The first-order valence-electron chi connectivity index (χ1n) is 10.0. The van der Waals surface area contributed by atoms with Gasteiger partial charge in [-0.15, -0.1) is 10.2 Å². The molecule has 1 aromatic carbocycles. The van der Waals surface area contributed by atoms with Gasteiger partial charge in [0.1, 0.15) is 12.2 Å². The molecule has 1 atom stereocenters. The fourth-order valence-electron chi connectivity index (χ4n) is 4.91. The average Bonchev–Trinajstić information content (AvgIpc) is 3.21. The highest BCUT2D eigenvalue weighted by Gasteiger charge is 2.57. The Labute approximate surface area is 160 Å². The Kier molecular flexibility index (Phi) is 4.04. The van der Waals surface area contributed by atoms with Crippen LogP contribution in [0.15, 0.2) is 36.7 Å². The zero-order chi connectivity index (χ0) is 18.4. The summed E-state index contributed by atoms with van der Waals surface area (Å²) in [5.41, 5.74) is 1.46. The second-order valence-corrected chi connectivity index (χ2v) is 8.77. The topological polar surface area (TPSA) is 54.3 Å². The molecule has 1 aromatic heterocycles. The Hall–Kier alpha value is -2.21. The fourth-order valence-corrected chi connectivity index (χ4v) is 4.91. The average molecular weight is 365 g/mol. The van der Waals surface area contributed by atoms with Crippen molar-refractivity contribution in [3.8, 4) is 0 Å². The quantitative estimate of drug-likeness (QED) is 0.814. The molecule has 27 heavy (non-hydrogen) atoms. The molecule has 2 saturated heterocycles. The van der Waals surface area contributed by atoms with E-state index in [9.17, 15) is 4.79 Å². The maximum Gasteiger partial charge on any atom is 0.222 e. The summed E-state index contributed by atoms with van der Waals surface area (Å²) in [6.07, 6.45) is 5.00. The van der Waals surface area contributed by atoms with Gasteiger partial charge in [-0.1, -0.05) is 30.3 Å². The standard InChI is InChI=1S/C21H27N5O/c1-24-15-22-23-20(24)18-11-25(10-17-5-3-2-4-6-17)12-21(18)13-26(14-21)19(27)9-16-7-8-16/h2-6,15-16,18H,7-14H2,1H3. The van der Waals surface area contributed by atoms with Crippen LogP contribution in [0.3, 0.4) is 0 Å². The third-order valence-electron chi connectivity index (χ3n) is 6.55. The second-order valence-electron chi connectivity index (χ2n) is 8.77. The number of hydrogen-bond acceptors (Lipinski definition) is 4. The van der Waals surface area contributed by atoms with Gasteiger partial charge in [0.2, 0.25) is 5.91 Å². The number of rotatable bonds is 5. The third kappa shape index (κ3) is 3.16. The number of nitrogens with zero attached hydrogens (tertiary/aromatic N) is 5. The number of benzene rings is 1. The molecule has 0 bridgehead atoms. The molecular weight excluding hydrogens is 338 g/mol. The molecule has 6 nitrogen and oxygen atoms in total. The Morgan fingerprint density at radius 2 is 1.96 bits per heavy atom. The van der Waals surface area contributed by atoms with E-state index in [-0.39, 0.29) is 5.41 Å². The van der Waals surface area contributed by atoms with Crippen molar-refractivity contribution in [2.45, 2.75) is 31.7 Å². The van der Waals surface area contributed by atoms with Gasteiger partial charge in [0, 0.05) is 57.5 Å². The summed E-state index contributed by atoms with van der Waals surface area (Å²) in [6, 6.07) is 10.6.